The summed E-state index contributed by atoms with van der Waals surface area (Å²) in [4.78, 5) is 19.5. The maximum atomic E-state index is 10.9. The molecule has 0 aliphatic carbocycles. The second-order valence-electron chi connectivity index (χ2n) is 5.02. The Labute approximate surface area is 99.1 Å². The average Bonchev–Trinajstić information content (AvgIpc) is 2.56. The summed E-state index contributed by atoms with van der Waals surface area (Å²) in [7, 11) is 0. The van der Waals surface area contributed by atoms with Gasteiger partial charge >= 0.3 is 5.97 Å². The minimum absolute atomic E-state index is 0.0422. The van der Waals surface area contributed by atoms with E-state index in [4.69, 9.17) is 5.11 Å². The van der Waals surface area contributed by atoms with Gasteiger partial charge in [0.25, 0.3) is 0 Å². The van der Waals surface area contributed by atoms with Crippen molar-refractivity contribution in [1.82, 2.24) is 14.4 Å². The first-order valence-electron chi connectivity index (χ1n) is 5.44. The average molecular weight is 233 g/mol. The lowest BCUT2D eigenvalue weighted by Crippen LogP contribution is -2.16. The highest BCUT2D eigenvalue weighted by atomic mass is 16.4. The molecular weight excluding hydrogens is 218 g/mol. The summed E-state index contributed by atoms with van der Waals surface area (Å²) in [5.41, 5.74) is 1.30. The molecule has 0 unspecified atom stereocenters. The van der Waals surface area contributed by atoms with Gasteiger partial charge in [-0.05, 0) is 6.07 Å². The first kappa shape index (κ1) is 11.6. The van der Waals surface area contributed by atoms with Crippen molar-refractivity contribution in [3.63, 3.8) is 0 Å². The molecule has 1 N–H and O–H groups in total. The van der Waals surface area contributed by atoms with E-state index in [-0.39, 0.29) is 11.8 Å². The highest BCUT2D eigenvalue weighted by molar-refractivity contribution is 5.70. The quantitative estimate of drug-likeness (QED) is 0.856. The molecule has 90 valence electrons. The number of nitrogens with zero attached hydrogens (tertiary/aromatic N) is 3. The maximum absolute atomic E-state index is 10.9. The number of carbonyl (C=O) groups is 1. The molecule has 2 aromatic rings. The predicted molar refractivity (Wildman–Crippen MR) is 63.0 cm³/mol. The van der Waals surface area contributed by atoms with Gasteiger partial charge in [0.2, 0.25) is 5.78 Å². The fraction of sp³-hybridized carbons (Fsp3) is 0.417. The fourth-order valence-corrected chi connectivity index (χ4v) is 1.85. The lowest BCUT2D eigenvalue weighted by atomic mass is 9.90. The van der Waals surface area contributed by atoms with Gasteiger partial charge in [0.15, 0.2) is 0 Å². The van der Waals surface area contributed by atoms with Crippen molar-refractivity contribution >= 4 is 11.7 Å². The summed E-state index contributed by atoms with van der Waals surface area (Å²) >= 11 is 0. The summed E-state index contributed by atoms with van der Waals surface area (Å²) in [6.45, 7) is 6.04. The topological polar surface area (TPSA) is 67.5 Å². The van der Waals surface area contributed by atoms with Crippen LogP contribution in [0.1, 0.15) is 32.2 Å². The van der Waals surface area contributed by atoms with Crippen LogP contribution in [0.3, 0.4) is 0 Å². The van der Waals surface area contributed by atoms with Crippen LogP contribution in [-0.2, 0) is 16.6 Å². The van der Waals surface area contributed by atoms with Crippen LogP contribution in [0.5, 0.6) is 0 Å². The summed E-state index contributed by atoms with van der Waals surface area (Å²) in [6, 6.07) is 1.77. The van der Waals surface area contributed by atoms with Crippen LogP contribution in [0.15, 0.2) is 18.5 Å². The van der Waals surface area contributed by atoms with E-state index >= 15 is 0 Å². The number of rotatable bonds is 2. The Morgan fingerprint density at radius 2 is 2.18 bits per heavy atom. The van der Waals surface area contributed by atoms with Crippen molar-refractivity contribution in [2.24, 2.45) is 0 Å². The van der Waals surface area contributed by atoms with Gasteiger partial charge in [-0.15, -0.1) is 0 Å². The van der Waals surface area contributed by atoms with Crippen molar-refractivity contribution in [3.05, 3.63) is 29.8 Å². The first-order chi connectivity index (χ1) is 7.89. The van der Waals surface area contributed by atoms with E-state index in [1.165, 1.54) is 0 Å². The molecule has 2 aromatic heterocycles. The Morgan fingerprint density at radius 3 is 2.76 bits per heavy atom. The van der Waals surface area contributed by atoms with Crippen LogP contribution < -0.4 is 0 Å². The molecule has 2 rings (SSSR count). The van der Waals surface area contributed by atoms with Crippen LogP contribution >= 0.6 is 0 Å². The van der Waals surface area contributed by atoms with Crippen LogP contribution in [0.2, 0.25) is 0 Å². The monoisotopic (exact) mass is 233 g/mol. The SMILES string of the molecule is CC(C)(C)c1nc2ncccn2c1CC(=O)O. The van der Waals surface area contributed by atoms with Gasteiger partial charge in [-0.3, -0.25) is 9.20 Å². The molecule has 5 nitrogen and oxygen atoms in total. The summed E-state index contributed by atoms with van der Waals surface area (Å²) < 4.78 is 1.74. The molecule has 0 saturated heterocycles. The molecule has 0 atom stereocenters. The minimum atomic E-state index is -0.860. The molecule has 0 radical (unpaired) electrons. The molecule has 0 saturated carbocycles. The number of aliphatic carboxylic acids is 1. The van der Waals surface area contributed by atoms with Crippen LogP contribution in [0.4, 0.5) is 0 Å². The predicted octanol–water partition coefficient (Wildman–Crippen LogP) is 1.65. The van der Waals surface area contributed by atoms with E-state index in [1.54, 1.807) is 22.9 Å². The summed E-state index contributed by atoms with van der Waals surface area (Å²) in [6.07, 6.45) is 3.40. The van der Waals surface area contributed by atoms with Gasteiger partial charge in [-0.2, -0.15) is 0 Å². The molecule has 2 heterocycles. The first-order valence-corrected chi connectivity index (χ1v) is 5.44. The van der Waals surface area contributed by atoms with E-state index < -0.39 is 5.97 Å². The normalized spacial score (nSPS) is 11.9. The Hall–Kier alpha value is -1.91. The van der Waals surface area contributed by atoms with Crippen molar-refractivity contribution in [2.45, 2.75) is 32.6 Å². The Bertz CT molecular complexity index is 567. The standard InChI is InChI=1S/C12H15N3O2/c1-12(2,3)10-8(7-9(16)17)15-6-4-5-13-11(15)14-10/h4-6H,7H2,1-3H3,(H,16,17). The molecule has 0 aliphatic heterocycles. The number of hydrogen-bond donors (Lipinski definition) is 1. The lowest BCUT2D eigenvalue weighted by Gasteiger charge is -2.17. The van der Waals surface area contributed by atoms with Crippen molar-refractivity contribution in [3.8, 4) is 0 Å². The number of carboxylic acid groups (broad SMARTS) is 1. The van der Waals surface area contributed by atoms with Crippen LogP contribution in [-0.4, -0.2) is 25.4 Å². The van der Waals surface area contributed by atoms with Crippen molar-refractivity contribution in [2.75, 3.05) is 0 Å². The minimum Gasteiger partial charge on any atom is -0.481 e. The lowest BCUT2D eigenvalue weighted by molar-refractivity contribution is -0.136. The molecule has 5 heteroatoms. The Kier molecular flexibility index (Phi) is 2.61. The molecule has 0 fully saturated rings. The molecule has 0 aliphatic rings. The highest BCUT2D eigenvalue weighted by Crippen LogP contribution is 2.25. The third kappa shape index (κ3) is 2.13. The summed E-state index contributed by atoms with van der Waals surface area (Å²) in [5.74, 6) is -0.310. The van der Waals surface area contributed by atoms with Gasteiger partial charge in [0.05, 0.1) is 17.8 Å². The highest BCUT2D eigenvalue weighted by Gasteiger charge is 2.25. The molecule has 17 heavy (non-hydrogen) atoms. The zero-order valence-corrected chi connectivity index (χ0v) is 10.1. The third-order valence-electron chi connectivity index (χ3n) is 2.53. The van der Waals surface area contributed by atoms with E-state index in [1.807, 2.05) is 20.8 Å². The van der Waals surface area contributed by atoms with Gasteiger partial charge in [0.1, 0.15) is 0 Å². The number of imidazole rings is 1. The van der Waals surface area contributed by atoms with E-state index in [0.29, 0.717) is 11.5 Å². The number of fused-ring (bicyclic) bond motifs is 1. The number of carboxylic acids is 1. The van der Waals surface area contributed by atoms with Crippen LogP contribution in [0, 0.1) is 0 Å². The number of aromatic nitrogens is 3. The van der Waals surface area contributed by atoms with E-state index in [9.17, 15) is 4.79 Å². The van der Waals surface area contributed by atoms with Gasteiger partial charge in [0, 0.05) is 17.8 Å². The van der Waals surface area contributed by atoms with Crippen molar-refractivity contribution < 1.29 is 9.90 Å². The Morgan fingerprint density at radius 1 is 1.47 bits per heavy atom. The fourth-order valence-electron chi connectivity index (χ4n) is 1.85. The largest absolute Gasteiger partial charge is 0.481 e. The second-order valence-corrected chi connectivity index (χ2v) is 5.02. The second kappa shape index (κ2) is 3.84. The van der Waals surface area contributed by atoms with Gasteiger partial charge < -0.3 is 5.11 Å². The van der Waals surface area contributed by atoms with Crippen molar-refractivity contribution in [1.29, 1.82) is 0 Å². The van der Waals surface area contributed by atoms with Gasteiger partial charge in [-0.25, -0.2) is 9.97 Å². The Balaban J connectivity index is 2.69. The molecule has 0 bridgehead atoms. The smallest absolute Gasteiger partial charge is 0.309 e. The molecular formula is C12H15N3O2. The van der Waals surface area contributed by atoms with Crippen LogP contribution in [0.25, 0.3) is 5.78 Å². The van der Waals surface area contributed by atoms with E-state index in [2.05, 4.69) is 9.97 Å². The maximum Gasteiger partial charge on any atom is 0.309 e. The molecule has 0 spiro atoms. The zero-order valence-electron chi connectivity index (χ0n) is 10.1. The zero-order chi connectivity index (χ0) is 12.6. The molecule has 0 amide bonds. The molecule has 0 aromatic carbocycles. The third-order valence-corrected chi connectivity index (χ3v) is 2.53. The van der Waals surface area contributed by atoms with Gasteiger partial charge in [-0.1, -0.05) is 20.8 Å². The number of hydrogen-bond acceptors (Lipinski definition) is 3. The summed E-state index contributed by atoms with van der Waals surface area (Å²) in [5, 5.41) is 8.97. The van der Waals surface area contributed by atoms with E-state index in [0.717, 1.165) is 5.69 Å².